The van der Waals surface area contributed by atoms with Crippen LogP contribution in [0.4, 0.5) is 5.69 Å². The Hall–Kier alpha value is -1.34. The molecule has 6 nitrogen and oxygen atoms in total. The second-order valence-corrected chi connectivity index (χ2v) is 4.90. The lowest BCUT2D eigenvalue weighted by Crippen LogP contribution is -2.14. The van der Waals surface area contributed by atoms with Crippen molar-refractivity contribution in [2.75, 3.05) is 9.93 Å². The number of alkyl halides is 1. The predicted molar refractivity (Wildman–Crippen MR) is 54.5 cm³/mol. The summed E-state index contributed by atoms with van der Waals surface area (Å²) in [5.41, 5.74) is -0.0414. The number of hydrogen-bond acceptors (Lipinski definition) is 4. The Labute approximate surface area is 91.0 Å². The van der Waals surface area contributed by atoms with Crippen LogP contribution >= 0.6 is 11.6 Å². The largest absolute Gasteiger partial charge is 0.478 e. The van der Waals surface area contributed by atoms with E-state index >= 15 is 0 Å². The summed E-state index contributed by atoms with van der Waals surface area (Å²) in [6.07, 6.45) is 2.30. The highest BCUT2D eigenvalue weighted by Gasteiger charge is 2.10. The molecule has 2 N–H and O–H groups in total. The van der Waals surface area contributed by atoms with E-state index in [-0.39, 0.29) is 11.3 Å². The Morgan fingerprint density at radius 2 is 2.20 bits per heavy atom. The van der Waals surface area contributed by atoms with Crippen molar-refractivity contribution in [2.24, 2.45) is 0 Å². The van der Waals surface area contributed by atoms with Gasteiger partial charge >= 0.3 is 5.97 Å². The van der Waals surface area contributed by atoms with E-state index in [9.17, 15) is 13.2 Å². The summed E-state index contributed by atoms with van der Waals surface area (Å²) in [6.45, 7) is 0. The molecule has 15 heavy (non-hydrogen) atoms. The number of carbonyl (C=O) groups is 1. The van der Waals surface area contributed by atoms with E-state index in [0.29, 0.717) is 0 Å². The number of anilines is 1. The molecule has 0 aliphatic heterocycles. The van der Waals surface area contributed by atoms with Crippen molar-refractivity contribution < 1.29 is 18.3 Å². The maximum Gasteiger partial charge on any atom is 0.337 e. The molecule has 82 valence electrons. The van der Waals surface area contributed by atoms with Crippen molar-refractivity contribution in [1.29, 1.82) is 0 Å². The van der Waals surface area contributed by atoms with E-state index in [1.54, 1.807) is 0 Å². The molecule has 0 unspecified atom stereocenters. The third-order valence-electron chi connectivity index (χ3n) is 1.40. The molecule has 0 amide bonds. The zero-order valence-corrected chi connectivity index (χ0v) is 8.92. The second kappa shape index (κ2) is 4.45. The van der Waals surface area contributed by atoms with Gasteiger partial charge in [-0.25, -0.2) is 13.2 Å². The zero-order chi connectivity index (χ0) is 11.5. The lowest BCUT2D eigenvalue weighted by atomic mass is 10.3. The summed E-state index contributed by atoms with van der Waals surface area (Å²) >= 11 is 5.16. The molecule has 0 fully saturated rings. The Morgan fingerprint density at radius 3 is 2.73 bits per heavy atom. The molecule has 8 heteroatoms. The molecule has 0 saturated carbocycles. The van der Waals surface area contributed by atoms with Crippen LogP contribution < -0.4 is 4.72 Å². The first-order valence-corrected chi connectivity index (χ1v) is 5.88. The maximum absolute atomic E-state index is 11.0. The van der Waals surface area contributed by atoms with Gasteiger partial charge in [0.25, 0.3) is 0 Å². The Balaban J connectivity index is 2.97. The molecule has 0 saturated heterocycles. The summed E-state index contributed by atoms with van der Waals surface area (Å²) < 4.78 is 24.1. The van der Waals surface area contributed by atoms with Gasteiger partial charge in [-0.1, -0.05) is 0 Å². The molecule has 0 aromatic carbocycles. The van der Waals surface area contributed by atoms with Gasteiger partial charge in [0.2, 0.25) is 10.0 Å². The SMILES string of the molecule is O=C(O)c1cncc(NS(=O)(=O)CCl)c1. The number of pyridine rings is 1. The standard InChI is InChI=1S/C7H7ClN2O4S/c8-4-15(13,14)10-6-1-5(7(11)12)2-9-3-6/h1-3,10H,4H2,(H,11,12). The van der Waals surface area contributed by atoms with E-state index in [2.05, 4.69) is 9.71 Å². The summed E-state index contributed by atoms with van der Waals surface area (Å²) in [5, 5.41) is 8.01. The highest BCUT2D eigenvalue weighted by Crippen LogP contribution is 2.10. The average Bonchev–Trinajstić information content (AvgIpc) is 2.17. The normalized spacial score (nSPS) is 11.0. The van der Waals surface area contributed by atoms with Gasteiger partial charge in [-0.2, -0.15) is 0 Å². The minimum Gasteiger partial charge on any atom is -0.478 e. The molecule has 1 aromatic rings. The minimum absolute atomic E-state index is 0.0653. The van der Waals surface area contributed by atoms with Crippen molar-refractivity contribution in [3.05, 3.63) is 24.0 Å². The number of sulfonamides is 1. The molecule has 0 radical (unpaired) electrons. The van der Waals surface area contributed by atoms with E-state index in [1.165, 1.54) is 6.20 Å². The Morgan fingerprint density at radius 1 is 1.53 bits per heavy atom. The maximum atomic E-state index is 11.0. The monoisotopic (exact) mass is 250 g/mol. The molecular weight excluding hydrogens is 244 g/mol. The fraction of sp³-hybridized carbons (Fsp3) is 0.143. The lowest BCUT2D eigenvalue weighted by Gasteiger charge is -2.04. The van der Waals surface area contributed by atoms with Crippen LogP contribution in [0.5, 0.6) is 0 Å². The molecule has 0 aliphatic rings. The minimum atomic E-state index is -3.63. The predicted octanol–water partition coefficient (Wildman–Crippen LogP) is 0.718. The van der Waals surface area contributed by atoms with Gasteiger partial charge in [0.1, 0.15) is 5.21 Å². The molecule has 1 rings (SSSR count). The smallest absolute Gasteiger partial charge is 0.337 e. The quantitative estimate of drug-likeness (QED) is 0.768. The molecule has 0 bridgehead atoms. The highest BCUT2D eigenvalue weighted by atomic mass is 35.5. The number of nitrogens with one attached hydrogen (secondary N) is 1. The number of rotatable bonds is 4. The summed E-state index contributed by atoms with van der Waals surface area (Å²) in [6, 6.07) is 1.15. The number of carboxylic acid groups (broad SMARTS) is 1. The van der Waals surface area contributed by atoms with Gasteiger partial charge in [-0.05, 0) is 6.07 Å². The third kappa shape index (κ3) is 3.37. The summed E-state index contributed by atoms with van der Waals surface area (Å²) in [7, 11) is -3.63. The van der Waals surface area contributed by atoms with Crippen LogP contribution in [0.2, 0.25) is 0 Å². The van der Waals surface area contributed by atoms with E-state index < -0.39 is 21.2 Å². The lowest BCUT2D eigenvalue weighted by molar-refractivity contribution is 0.0696. The van der Waals surface area contributed by atoms with Gasteiger partial charge in [-0.3, -0.25) is 9.71 Å². The van der Waals surface area contributed by atoms with Crippen molar-refractivity contribution in [2.45, 2.75) is 0 Å². The zero-order valence-electron chi connectivity index (χ0n) is 7.34. The van der Waals surface area contributed by atoms with E-state index in [4.69, 9.17) is 16.7 Å². The first-order valence-electron chi connectivity index (χ1n) is 3.69. The second-order valence-electron chi connectivity index (χ2n) is 2.59. The van der Waals surface area contributed by atoms with Crippen LogP contribution in [0.3, 0.4) is 0 Å². The average molecular weight is 251 g/mol. The first kappa shape index (κ1) is 11.7. The third-order valence-corrected chi connectivity index (χ3v) is 3.10. The molecule has 0 atom stereocenters. The van der Waals surface area contributed by atoms with Crippen LogP contribution in [0.15, 0.2) is 18.5 Å². The van der Waals surface area contributed by atoms with Gasteiger partial charge in [0.05, 0.1) is 17.4 Å². The summed E-state index contributed by atoms with van der Waals surface area (Å²) in [4.78, 5) is 14.1. The molecule has 0 spiro atoms. The first-order chi connectivity index (χ1) is 6.94. The fourth-order valence-electron chi connectivity index (χ4n) is 0.820. The van der Waals surface area contributed by atoms with Gasteiger partial charge in [0.15, 0.2) is 0 Å². The van der Waals surface area contributed by atoms with Crippen LogP contribution in [-0.2, 0) is 10.0 Å². The van der Waals surface area contributed by atoms with E-state index in [1.807, 2.05) is 0 Å². The van der Waals surface area contributed by atoms with Crippen LogP contribution in [0.1, 0.15) is 10.4 Å². The van der Waals surface area contributed by atoms with Gasteiger partial charge < -0.3 is 5.11 Å². The fourth-order valence-corrected chi connectivity index (χ4v) is 1.51. The van der Waals surface area contributed by atoms with Gasteiger partial charge in [-0.15, -0.1) is 11.6 Å². The number of aromatic carboxylic acids is 1. The van der Waals surface area contributed by atoms with Crippen LogP contribution in [0.25, 0.3) is 0 Å². The van der Waals surface area contributed by atoms with Gasteiger partial charge in [0, 0.05) is 6.20 Å². The molecular formula is C7H7ClN2O4S. The van der Waals surface area contributed by atoms with Crippen molar-refractivity contribution in [1.82, 2.24) is 4.98 Å². The van der Waals surface area contributed by atoms with Crippen LogP contribution in [0, 0.1) is 0 Å². The number of aromatic nitrogens is 1. The van der Waals surface area contributed by atoms with Crippen molar-refractivity contribution in [3.8, 4) is 0 Å². The van der Waals surface area contributed by atoms with Crippen molar-refractivity contribution >= 4 is 33.3 Å². The summed E-state index contributed by atoms with van der Waals surface area (Å²) in [5.74, 6) is -1.19. The van der Waals surface area contributed by atoms with Crippen LogP contribution in [-0.4, -0.2) is 29.7 Å². The topological polar surface area (TPSA) is 96.4 Å². The molecule has 1 aromatic heterocycles. The van der Waals surface area contributed by atoms with Crippen molar-refractivity contribution in [3.63, 3.8) is 0 Å². The molecule has 0 aliphatic carbocycles. The molecule has 1 heterocycles. The van der Waals surface area contributed by atoms with E-state index in [0.717, 1.165) is 12.3 Å². The number of nitrogens with zero attached hydrogens (tertiary/aromatic N) is 1. The highest BCUT2D eigenvalue weighted by molar-refractivity contribution is 7.93. The number of hydrogen-bond donors (Lipinski definition) is 2. The number of halogens is 1. The number of carboxylic acids is 1. The Bertz CT molecular complexity index is 474. The Kier molecular flexibility index (Phi) is 3.48.